The lowest BCUT2D eigenvalue weighted by Gasteiger charge is -2.33. The van der Waals surface area contributed by atoms with E-state index in [0.29, 0.717) is 61.7 Å². The number of benzene rings is 1. The highest BCUT2D eigenvalue weighted by atomic mass is 19.4. The Balaban J connectivity index is 1.31. The molecule has 1 fully saturated rings. The van der Waals surface area contributed by atoms with Gasteiger partial charge in [-0.05, 0) is 56.9 Å². The molecule has 0 radical (unpaired) electrons. The van der Waals surface area contributed by atoms with Gasteiger partial charge in [0.05, 0.1) is 5.69 Å². The van der Waals surface area contributed by atoms with Crippen LogP contribution in [0, 0.1) is 5.92 Å². The van der Waals surface area contributed by atoms with E-state index in [2.05, 4.69) is 35.2 Å². The smallest absolute Gasteiger partial charge is 0.369 e. The monoisotopic (exact) mass is 544 g/mol. The molecule has 2 aliphatic rings. The molecule has 1 N–H and O–H groups in total. The maximum absolute atomic E-state index is 14.8. The lowest BCUT2D eigenvalue weighted by Crippen LogP contribution is -2.37. The van der Waals surface area contributed by atoms with E-state index >= 15 is 0 Å². The van der Waals surface area contributed by atoms with E-state index in [1.54, 1.807) is 4.57 Å². The first-order valence-electron chi connectivity index (χ1n) is 13.8. The fraction of sp³-hybridized carbons (Fsp3) is 0.552. The molecule has 0 spiro atoms. The van der Waals surface area contributed by atoms with Crippen LogP contribution in [0.4, 0.5) is 29.3 Å². The van der Waals surface area contributed by atoms with Crippen molar-refractivity contribution >= 4 is 11.8 Å². The number of rotatable bonds is 7. The summed E-state index contributed by atoms with van der Waals surface area (Å²) in [5.74, 6) is 2.20. The Hall–Kier alpha value is -3.17. The standard InChI is InChI=1S/C29H36F4N6/c1-17(2)20-7-5-6-8-21(20)27-36-25-22(9-10-23(25)30)26(37-27)34-15-19-11-13-38(14-12-19)28-35-24(29(31,32)33)16-39(28)18(3)4/h5-8,16-19,23H,9-15H2,1-4H3,(H,34,36,37). The molecule has 1 aliphatic heterocycles. The molecule has 210 valence electrons. The van der Waals surface area contributed by atoms with E-state index in [1.165, 1.54) is 0 Å². The van der Waals surface area contributed by atoms with Crippen molar-refractivity contribution in [2.45, 2.75) is 77.7 Å². The summed E-state index contributed by atoms with van der Waals surface area (Å²) < 4.78 is 56.4. The molecule has 1 aliphatic carbocycles. The van der Waals surface area contributed by atoms with Gasteiger partial charge >= 0.3 is 6.18 Å². The molecule has 6 nitrogen and oxygen atoms in total. The van der Waals surface area contributed by atoms with Gasteiger partial charge in [0.15, 0.2) is 11.5 Å². The van der Waals surface area contributed by atoms with E-state index < -0.39 is 18.0 Å². The Kier molecular flexibility index (Phi) is 7.57. The van der Waals surface area contributed by atoms with E-state index in [9.17, 15) is 17.6 Å². The number of anilines is 2. The third-order valence-electron chi connectivity index (χ3n) is 7.82. The highest BCUT2D eigenvalue weighted by Crippen LogP contribution is 2.39. The number of alkyl halides is 4. The minimum absolute atomic E-state index is 0.128. The van der Waals surface area contributed by atoms with Crippen LogP contribution in [0.15, 0.2) is 30.5 Å². The second-order valence-corrected chi connectivity index (χ2v) is 11.2. The van der Waals surface area contributed by atoms with Crippen molar-refractivity contribution in [2.24, 2.45) is 5.92 Å². The summed E-state index contributed by atoms with van der Waals surface area (Å²) in [7, 11) is 0. The van der Waals surface area contributed by atoms with Gasteiger partial charge in [0.1, 0.15) is 12.0 Å². The quantitative estimate of drug-likeness (QED) is 0.315. The van der Waals surface area contributed by atoms with Gasteiger partial charge in [-0.25, -0.2) is 19.3 Å². The number of nitrogens with zero attached hydrogens (tertiary/aromatic N) is 5. The molecule has 0 saturated carbocycles. The number of fused-ring (bicyclic) bond motifs is 1. The third-order valence-corrected chi connectivity index (χ3v) is 7.82. The molecule has 3 heterocycles. The molecule has 1 saturated heterocycles. The van der Waals surface area contributed by atoms with Crippen molar-refractivity contribution in [2.75, 3.05) is 29.9 Å². The Labute approximate surface area is 226 Å². The second kappa shape index (κ2) is 10.8. The number of nitrogens with one attached hydrogen (secondary N) is 1. The van der Waals surface area contributed by atoms with Gasteiger partial charge in [0, 0.05) is 43.0 Å². The minimum atomic E-state index is -4.47. The van der Waals surface area contributed by atoms with Crippen molar-refractivity contribution < 1.29 is 17.6 Å². The highest BCUT2D eigenvalue weighted by molar-refractivity contribution is 5.65. The first-order valence-corrected chi connectivity index (χ1v) is 13.8. The molecule has 1 unspecified atom stereocenters. The van der Waals surface area contributed by atoms with Crippen LogP contribution >= 0.6 is 0 Å². The molecule has 2 aromatic heterocycles. The largest absolute Gasteiger partial charge is 0.434 e. The third kappa shape index (κ3) is 5.61. The molecule has 0 bridgehead atoms. The second-order valence-electron chi connectivity index (χ2n) is 11.2. The topological polar surface area (TPSA) is 58.9 Å². The van der Waals surface area contributed by atoms with Crippen molar-refractivity contribution in [3.63, 3.8) is 0 Å². The first kappa shape index (κ1) is 27.4. The van der Waals surface area contributed by atoms with Gasteiger partial charge in [0.25, 0.3) is 0 Å². The predicted octanol–water partition coefficient (Wildman–Crippen LogP) is 7.35. The number of hydrogen-bond acceptors (Lipinski definition) is 5. The molecule has 39 heavy (non-hydrogen) atoms. The average Bonchev–Trinajstić information content (AvgIpc) is 3.52. The average molecular weight is 545 g/mol. The minimum Gasteiger partial charge on any atom is -0.369 e. The molecular formula is C29H36F4N6. The SMILES string of the molecule is CC(C)c1ccccc1-c1nc(NCC2CCN(c3nc(C(F)(F)F)cn3C(C)C)CC2)c2c(n1)C(F)CC2. The fourth-order valence-corrected chi connectivity index (χ4v) is 5.60. The summed E-state index contributed by atoms with van der Waals surface area (Å²) in [5, 5.41) is 3.50. The summed E-state index contributed by atoms with van der Waals surface area (Å²) in [6.07, 6.45) is -1.83. The van der Waals surface area contributed by atoms with E-state index in [1.807, 2.05) is 36.9 Å². The van der Waals surface area contributed by atoms with Crippen LogP contribution in [-0.2, 0) is 12.6 Å². The van der Waals surface area contributed by atoms with Gasteiger partial charge in [-0.15, -0.1) is 0 Å². The Morgan fingerprint density at radius 1 is 1.00 bits per heavy atom. The van der Waals surface area contributed by atoms with Crippen molar-refractivity contribution in [3.05, 3.63) is 53.0 Å². The number of halogens is 4. The Bertz CT molecular complexity index is 1310. The Morgan fingerprint density at radius 2 is 1.72 bits per heavy atom. The van der Waals surface area contributed by atoms with E-state index in [0.717, 1.165) is 35.7 Å². The van der Waals surface area contributed by atoms with Gasteiger partial charge < -0.3 is 14.8 Å². The summed E-state index contributed by atoms with van der Waals surface area (Å²) in [4.78, 5) is 15.4. The molecule has 10 heteroatoms. The van der Waals surface area contributed by atoms with Crippen LogP contribution in [-0.4, -0.2) is 39.2 Å². The zero-order valence-corrected chi connectivity index (χ0v) is 22.9. The number of aromatic nitrogens is 4. The van der Waals surface area contributed by atoms with Crippen LogP contribution < -0.4 is 10.2 Å². The highest BCUT2D eigenvalue weighted by Gasteiger charge is 2.36. The first-order chi connectivity index (χ1) is 18.5. The van der Waals surface area contributed by atoms with Gasteiger partial charge in [-0.2, -0.15) is 13.2 Å². The lowest BCUT2D eigenvalue weighted by molar-refractivity contribution is -0.140. The molecule has 0 amide bonds. The predicted molar refractivity (Wildman–Crippen MR) is 145 cm³/mol. The van der Waals surface area contributed by atoms with E-state index in [-0.39, 0.29) is 12.0 Å². The molecule has 1 aromatic carbocycles. The zero-order chi connectivity index (χ0) is 27.9. The summed E-state index contributed by atoms with van der Waals surface area (Å²) in [6.45, 7) is 9.85. The number of piperidine rings is 1. The summed E-state index contributed by atoms with van der Waals surface area (Å²) in [6, 6.07) is 7.87. The fourth-order valence-electron chi connectivity index (χ4n) is 5.60. The number of hydrogen-bond donors (Lipinski definition) is 1. The van der Waals surface area contributed by atoms with Gasteiger partial charge in [0.2, 0.25) is 5.95 Å². The van der Waals surface area contributed by atoms with Crippen LogP contribution in [0.2, 0.25) is 0 Å². The Morgan fingerprint density at radius 3 is 2.38 bits per heavy atom. The van der Waals surface area contributed by atoms with Crippen LogP contribution in [0.3, 0.4) is 0 Å². The van der Waals surface area contributed by atoms with Crippen molar-refractivity contribution in [1.29, 1.82) is 0 Å². The maximum atomic E-state index is 14.8. The van der Waals surface area contributed by atoms with Crippen molar-refractivity contribution in [1.82, 2.24) is 19.5 Å². The van der Waals surface area contributed by atoms with E-state index in [4.69, 9.17) is 4.98 Å². The van der Waals surface area contributed by atoms with Crippen LogP contribution in [0.5, 0.6) is 0 Å². The van der Waals surface area contributed by atoms with Crippen LogP contribution in [0.1, 0.15) is 87.6 Å². The molecule has 1 atom stereocenters. The van der Waals surface area contributed by atoms with Gasteiger partial charge in [-0.3, -0.25) is 0 Å². The van der Waals surface area contributed by atoms with Crippen molar-refractivity contribution in [3.8, 4) is 11.4 Å². The van der Waals surface area contributed by atoms with Gasteiger partial charge in [-0.1, -0.05) is 38.1 Å². The molecular weight excluding hydrogens is 508 g/mol. The molecule has 5 rings (SSSR count). The van der Waals surface area contributed by atoms with Crippen LogP contribution in [0.25, 0.3) is 11.4 Å². The normalized spacial score (nSPS) is 18.3. The lowest BCUT2D eigenvalue weighted by atomic mass is 9.96. The summed E-state index contributed by atoms with van der Waals surface area (Å²) in [5.41, 5.74) is 2.53. The zero-order valence-electron chi connectivity index (χ0n) is 22.9. The maximum Gasteiger partial charge on any atom is 0.434 e. The number of imidazole rings is 1. The summed E-state index contributed by atoms with van der Waals surface area (Å²) >= 11 is 0. The molecule has 3 aromatic rings.